The van der Waals surface area contributed by atoms with Gasteiger partial charge in [-0.15, -0.1) is 20.4 Å². The second-order valence-corrected chi connectivity index (χ2v) is 7.22. The molecule has 0 aliphatic carbocycles. The van der Waals surface area contributed by atoms with E-state index in [4.69, 9.17) is 0 Å². The predicted molar refractivity (Wildman–Crippen MR) is 83.3 cm³/mol. The van der Waals surface area contributed by atoms with Crippen molar-refractivity contribution in [2.75, 3.05) is 18.6 Å². The van der Waals surface area contributed by atoms with Gasteiger partial charge in [0.1, 0.15) is 10.0 Å². The van der Waals surface area contributed by atoms with E-state index in [2.05, 4.69) is 25.7 Å². The first-order valence-electron chi connectivity index (χ1n) is 6.12. The quantitative estimate of drug-likeness (QED) is 0.566. The van der Waals surface area contributed by atoms with E-state index in [1.807, 2.05) is 0 Å². The van der Waals surface area contributed by atoms with E-state index in [0.29, 0.717) is 16.3 Å². The molecule has 112 valence electrons. The highest BCUT2D eigenvalue weighted by Gasteiger charge is 2.10. The molecule has 0 aliphatic rings. The molecule has 0 unspecified atom stereocenters. The van der Waals surface area contributed by atoms with Crippen LogP contribution in [-0.4, -0.2) is 51.1 Å². The molecule has 0 bridgehead atoms. The van der Waals surface area contributed by atoms with Gasteiger partial charge in [-0.25, -0.2) is 0 Å². The standard InChI is InChI=1S/C11H13N5O2S3/c1-12-10(18)11-16-14-8(21-11)3-5-19-4-2-7-13-15-9(6-17)20-7/h6H,2-5H2,1H3,(H,12,18). The fourth-order valence-corrected chi connectivity index (χ4v) is 3.97. The fourth-order valence-electron chi connectivity index (χ4n) is 1.39. The molecule has 0 aliphatic heterocycles. The van der Waals surface area contributed by atoms with E-state index in [1.165, 1.54) is 22.7 Å². The third-order valence-electron chi connectivity index (χ3n) is 2.39. The van der Waals surface area contributed by atoms with Crippen LogP contribution in [0.25, 0.3) is 0 Å². The third-order valence-corrected chi connectivity index (χ3v) is 5.27. The number of nitrogens with one attached hydrogen (secondary N) is 1. The molecular weight excluding hydrogens is 330 g/mol. The molecule has 10 heteroatoms. The van der Waals surface area contributed by atoms with Crippen LogP contribution in [0.2, 0.25) is 0 Å². The summed E-state index contributed by atoms with van der Waals surface area (Å²) >= 11 is 4.42. The first kappa shape index (κ1) is 16.0. The summed E-state index contributed by atoms with van der Waals surface area (Å²) in [5.74, 6) is 1.62. The van der Waals surface area contributed by atoms with Crippen molar-refractivity contribution in [2.45, 2.75) is 12.8 Å². The third kappa shape index (κ3) is 4.83. The molecule has 0 saturated heterocycles. The van der Waals surface area contributed by atoms with E-state index in [1.54, 1.807) is 18.8 Å². The molecule has 0 radical (unpaired) electrons. The van der Waals surface area contributed by atoms with Gasteiger partial charge in [0, 0.05) is 19.9 Å². The minimum absolute atomic E-state index is 0.200. The first-order valence-corrected chi connectivity index (χ1v) is 8.91. The molecule has 7 nitrogen and oxygen atoms in total. The minimum Gasteiger partial charge on any atom is -0.353 e. The lowest BCUT2D eigenvalue weighted by molar-refractivity contribution is 0.0961. The van der Waals surface area contributed by atoms with Gasteiger partial charge in [-0.1, -0.05) is 22.7 Å². The number of aromatic nitrogens is 4. The molecule has 2 heterocycles. The second-order valence-electron chi connectivity index (χ2n) is 3.84. The van der Waals surface area contributed by atoms with Crippen LogP contribution in [0.4, 0.5) is 0 Å². The summed E-state index contributed by atoms with van der Waals surface area (Å²) in [4.78, 5) is 21.8. The monoisotopic (exact) mass is 343 g/mol. The summed E-state index contributed by atoms with van der Waals surface area (Å²) in [5, 5.41) is 20.6. The second kappa shape index (κ2) is 8.15. The van der Waals surface area contributed by atoms with Gasteiger partial charge in [0.2, 0.25) is 5.01 Å². The van der Waals surface area contributed by atoms with E-state index in [0.717, 1.165) is 34.4 Å². The summed E-state index contributed by atoms with van der Waals surface area (Å²) in [6.07, 6.45) is 2.30. The van der Waals surface area contributed by atoms with Crippen molar-refractivity contribution in [3.63, 3.8) is 0 Å². The number of hydrogen-bond donors (Lipinski definition) is 1. The fraction of sp³-hybridized carbons (Fsp3) is 0.455. The number of carbonyl (C=O) groups excluding carboxylic acids is 2. The first-order chi connectivity index (χ1) is 10.2. The lowest BCUT2D eigenvalue weighted by Gasteiger charge is -1.97. The summed E-state index contributed by atoms with van der Waals surface area (Å²) in [7, 11) is 1.57. The van der Waals surface area contributed by atoms with Crippen LogP contribution in [0.1, 0.15) is 29.6 Å². The number of amides is 1. The van der Waals surface area contributed by atoms with Gasteiger partial charge in [-0.05, 0) is 11.5 Å². The molecule has 1 N–H and O–H groups in total. The Kier molecular flexibility index (Phi) is 6.21. The number of aldehydes is 1. The average Bonchev–Trinajstić information content (AvgIpc) is 3.15. The number of rotatable bonds is 8. The molecule has 2 aromatic rings. The highest BCUT2D eigenvalue weighted by molar-refractivity contribution is 7.99. The maximum Gasteiger partial charge on any atom is 0.282 e. The molecule has 0 saturated carbocycles. The summed E-state index contributed by atoms with van der Waals surface area (Å²) in [5.41, 5.74) is 0. The Labute approximate surface area is 133 Å². The van der Waals surface area contributed by atoms with Crippen molar-refractivity contribution in [2.24, 2.45) is 0 Å². The van der Waals surface area contributed by atoms with Gasteiger partial charge in [0.15, 0.2) is 11.3 Å². The van der Waals surface area contributed by atoms with Crippen LogP contribution in [0.15, 0.2) is 0 Å². The van der Waals surface area contributed by atoms with Crippen molar-refractivity contribution in [1.29, 1.82) is 0 Å². The van der Waals surface area contributed by atoms with Gasteiger partial charge in [-0.3, -0.25) is 9.59 Å². The molecule has 0 spiro atoms. The smallest absolute Gasteiger partial charge is 0.282 e. The number of carbonyl (C=O) groups is 2. The minimum atomic E-state index is -0.200. The molecular formula is C11H13N5O2S3. The Morgan fingerprint density at radius 1 is 1.14 bits per heavy atom. The molecule has 0 fully saturated rings. The van der Waals surface area contributed by atoms with Gasteiger partial charge in [-0.2, -0.15) is 11.8 Å². The largest absolute Gasteiger partial charge is 0.353 e. The van der Waals surface area contributed by atoms with Gasteiger partial charge in [0.05, 0.1) is 0 Å². The summed E-state index contributed by atoms with van der Waals surface area (Å²) in [6.45, 7) is 0. The molecule has 2 aromatic heterocycles. The highest BCUT2D eigenvalue weighted by atomic mass is 32.2. The van der Waals surface area contributed by atoms with Crippen LogP contribution in [0.3, 0.4) is 0 Å². The molecule has 0 atom stereocenters. The zero-order valence-electron chi connectivity index (χ0n) is 11.2. The van der Waals surface area contributed by atoms with Crippen molar-refractivity contribution in [3.05, 3.63) is 20.0 Å². The van der Waals surface area contributed by atoms with Gasteiger partial charge >= 0.3 is 0 Å². The Morgan fingerprint density at radius 2 is 1.81 bits per heavy atom. The zero-order valence-corrected chi connectivity index (χ0v) is 13.7. The Hall–Kier alpha value is -1.39. The van der Waals surface area contributed by atoms with Crippen LogP contribution in [0.5, 0.6) is 0 Å². The maximum absolute atomic E-state index is 11.3. The molecule has 0 aromatic carbocycles. The van der Waals surface area contributed by atoms with E-state index in [-0.39, 0.29) is 5.91 Å². The number of nitrogens with zero attached hydrogens (tertiary/aromatic N) is 4. The average molecular weight is 343 g/mol. The Morgan fingerprint density at radius 3 is 2.43 bits per heavy atom. The lowest BCUT2D eigenvalue weighted by atomic mass is 10.5. The van der Waals surface area contributed by atoms with E-state index in [9.17, 15) is 9.59 Å². The topological polar surface area (TPSA) is 97.7 Å². The Balaban J connectivity index is 1.66. The van der Waals surface area contributed by atoms with Crippen molar-refractivity contribution in [1.82, 2.24) is 25.7 Å². The highest BCUT2D eigenvalue weighted by Crippen LogP contribution is 2.15. The molecule has 1 amide bonds. The molecule has 2 rings (SSSR count). The molecule has 21 heavy (non-hydrogen) atoms. The van der Waals surface area contributed by atoms with Crippen molar-refractivity contribution >= 4 is 46.6 Å². The van der Waals surface area contributed by atoms with Crippen molar-refractivity contribution in [3.8, 4) is 0 Å². The Bertz CT molecular complexity index is 613. The van der Waals surface area contributed by atoms with Crippen molar-refractivity contribution < 1.29 is 9.59 Å². The van der Waals surface area contributed by atoms with Crippen LogP contribution in [0, 0.1) is 0 Å². The van der Waals surface area contributed by atoms with Gasteiger partial charge < -0.3 is 5.32 Å². The van der Waals surface area contributed by atoms with Crippen LogP contribution >= 0.6 is 34.4 Å². The number of aryl methyl sites for hydroxylation is 2. The maximum atomic E-state index is 11.3. The zero-order chi connectivity index (χ0) is 15.1. The number of hydrogen-bond acceptors (Lipinski definition) is 9. The van der Waals surface area contributed by atoms with Crippen LogP contribution in [-0.2, 0) is 12.8 Å². The predicted octanol–water partition coefficient (Wildman–Crippen LogP) is 1.08. The normalized spacial score (nSPS) is 10.5. The van der Waals surface area contributed by atoms with Gasteiger partial charge in [0.25, 0.3) is 5.91 Å². The summed E-state index contributed by atoms with van der Waals surface area (Å²) < 4.78 is 0. The number of thioether (sulfide) groups is 1. The lowest BCUT2D eigenvalue weighted by Crippen LogP contribution is -2.17. The summed E-state index contributed by atoms with van der Waals surface area (Å²) in [6, 6.07) is 0. The van der Waals surface area contributed by atoms with E-state index >= 15 is 0 Å². The SMILES string of the molecule is CNC(=O)c1nnc(CCSCCc2nnc(C=O)s2)s1. The van der Waals surface area contributed by atoms with Crippen LogP contribution < -0.4 is 5.32 Å². The van der Waals surface area contributed by atoms with E-state index < -0.39 is 0 Å².